The number of carbonyl (C=O) groups is 1. The molecular formula is C15H19N3O2S2. The number of thiophene rings is 1. The van der Waals surface area contributed by atoms with E-state index in [1.807, 2.05) is 6.92 Å². The van der Waals surface area contributed by atoms with Gasteiger partial charge in [-0.25, -0.2) is 4.98 Å². The summed E-state index contributed by atoms with van der Waals surface area (Å²) in [5, 5.41) is 0.972. The van der Waals surface area contributed by atoms with E-state index in [0.29, 0.717) is 11.7 Å². The molecule has 22 heavy (non-hydrogen) atoms. The smallest absolute Gasteiger partial charge is 0.263 e. The zero-order valence-electron chi connectivity index (χ0n) is 12.7. The maximum atomic E-state index is 12.9. The molecule has 118 valence electrons. The van der Waals surface area contributed by atoms with Crippen molar-refractivity contribution in [2.24, 2.45) is 5.73 Å². The summed E-state index contributed by atoms with van der Waals surface area (Å²) in [6.45, 7) is 4.20. The number of hydrogen-bond acceptors (Lipinski definition) is 5. The fraction of sp³-hybridized carbons (Fsp3) is 0.533. The van der Waals surface area contributed by atoms with Crippen LogP contribution in [-0.4, -0.2) is 20.7 Å². The average Bonchev–Trinajstić information content (AvgIpc) is 2.85. The van der Waals surface area contributed by atoms with Crippen LogP contribution in [0.4, 0.5) is 0 Å². The second-order valence-corrected chi connectivity index (χ2v) is 7.89. The second-order valence-electron chi connectivity index (χ2n) is 5.50. The first-order valence-electron chi connectivity index (χ1n) is 7.54. The predicted molar refractivity (Wildman–Crippen MR) is 90.7 cm³/mol. The molecule has 5 nitrogen and oxygen atoms in total. The zero-order chi connectivity index (χ0) is 15.9. The van der Waals surface area contributed by atoms with Crippen LogP contribution in [0.15, 0.2) is 9.95 Å². The molecule has 0 saturated carbocycles. The molecule has 0 saturated heterocycles. The van der Waals surface area contributed by atoms with Crippen molar-refractivity contribution in [2.45, 2.75) is 56.5 Å². The Hall–Kier alpha value is -1.34. The van der Waals surface area contributed by atoms with E-state index < -0.39 is 11.2 Å². The minimum atomic E-state index is -0.406. The fourth-order valence-corrected chi connectivity index (χ4v) is 5.03. The van der Waals surface area contributed by atoms with Crippen LogP contribution in [0.3, 0.4) is 0 Å². The number of hydrogen-bond donors (Lipinski definition) is 1. The molecule has 0 bridgehead atoms. The summed E-state index contributed by atoms with van der Waals surface area (Å²) in [6.07, 6.45) is 4.34. The molecule has 2 aromatic heterocycles. The van der Waals surface area contributed by atoms with E-state index in [1.54, 1.807) is 22.8 Å². The van der Waals surface area contributed by atoms with E-state index in [-0.39, 0.29) is 5.56 Å². The molecule has 0 aliphatic heterocycles. The van der Waals surface area contributed by atoms with Crippen LogP contribution >= 0.6 is 23.1 Å². The summed E-state index contributed by atoms with van der Waals surface area (Å²) in [5.41, 5.74) is 6.55. The number of thioether (sulfide) groups is 1. The number of nitrogens with zero attached hydrogens (tertiary/aromatic N) is 2. The maximum Gasteiger partial charge on any atom is 0.263 e. The van der Waals surface area contributed by atoms with Crippen molar-refractivity contribution < 1.29 is 4.79 Å². The van der Waals surface area contributed by atoms with Crippen molar-refractivity contribution in [3.63, 3.8) is 0 Å². The Kier molecular flexibility index (Phi) is 4.27. The lowest BCUT2D eigenvalue weighted by Gasteiger charge is -2.13. The van der Waals surface area contributed by atoms with E-state index in [9.17, 15) is 9.59 Å². The van der Waals surface area contributed by atoms with Gasteiger partial charge >= 0.3 is 0 Å². The molecule has 2 heterocycles. The third-order valence-electron chi connectivity index (χ3n) is 4.04. The number of nitrogens with two attached hydrogens (primary N) is 1. The predicted octanol–water partition coefficient (Wildman–Crippen LogP) is 2.32. The van der Waals surface area contributed by atoms with Gasteiger partial charge in [-0.05, 0) is 45.1 Å². The van der Waals surface area contributed by atoms with Crippen LogP contribution in [0.25, 0.3) is 10.2 Å². The average molecular weight is 337 g/mol. The highest BCUT2D eigenvalue weighted by molar-refractivity contribution is 8.00. The largest absolute Gasteiger partial charge is 0.369 e. The minimum absolute atomic E-state index is 0.0195. The lowest BCUT2D eigenvalue weighted by molar-refractivity contribution is -0.117. The Morgan fingerprint density at radius 2 is 2.18 bits per heavy atom. The third-order valence-corrected chi connectivity index (χ3v) is 6.33. The first kappa shape index (κ1) is 15.6. The van der Waals surface area contributed by atoms with Crippen molar-refractivity contribution >= 4 is 39.2 Å². The monoisotopic (exact) mass is 337 g/mol. The Bertz CT molecular complexity index is 794. The molecule has 1 unspecified atom stereocenters. The van der Waals surface area contributed by atoms with Crippen LogP contribution in [0.5, 0.6) is 0 Å². The zero-order valence-corrected chi connectivity index (χ0v) is 14.4. The lowest BCUT2D eigenvalue weighted by atomic mass is 9.97. The number of aromatic nitrogens is 2. The summed E-state index contributed by atoms with van der Waals surface area (Å²) in [7, 11) is 0. The van der Waals surface area contributed by atoms with E-state index >= 15 is 0 Å². The van der Waals surface area contributed by atoms with Crippen molar-refractivity contribution in [1.82, 2.24) is 9.55 Å². The molecule has 3 rings (SSSR count). The Balaban J connectivity index is 2.18. The summed E-state index contributed by atoms with van der Waals surface area (Å²) < 4.78 is 1.66. The van der Waals surface area contributed by atoms with Gasteiger partial charge in [-0.1, -0.05) is 11.8 Å². The van der Waals surface area contributed by atoms with Crippen LogP contribution < -0.4 is 11.3 Å². The topological polar surface area (TPSA) is 78.0 Å². The number of primary amides is 1. The third kappa shape index (κ3) is 2.56. The van der Waals surface area contributed by atoms with Gasteiger partial charge in [0.15, 0.2) is 5.16 Å². The van der Waals surface area contributed by atoms with E-state index in [2.05, 4.69) is 4.98 Å². The number of aryl methyl sites for hydroxylation is 2. The summed E-state index contributed by atoms with van der Waals surface area (Å²) >= 11 is 2.89. The van der Waals surface area contributed by atoms with Crippen LogP contribution in [0.1, 0.15) is 37.1 Å². The minimum Gasteiger partial charge on any atom is -0.369 e. The van der Waals surface area contributed by atoms with Crippen LogP contribution in [-0.2, 0) is 24.2 Å². The summed E-state index contributed by atoms with van der Waals surface area (Å²) in [5.74, 6) is -0.396. The number of carbonyl (C=O) groups excluding carboxylic acids is 1. The number of amides is 1. The highest BCUT2D eigenvalue weighted by Crippen LogP contribution is 2.35. The van der Waals surface area contributed by atoms with Gasteiger partial charge in [0.25, 0.3) is 5.56 Å². The van der Waals surface area contributed by atoms with Gasteiger partial charge in [0.1, 0.15) is 4.83 Å². The van der Waals surface area contributed by atoms with Gasteiger partial charge in [0.2, 0.25) is 5.91 Å². The van der Waals surface area contributed by atoms with Gasteiger partial charge in [-0.3, -0.25) is 14.2 Å². The van der Waals surface area contributed by atoms with Crippen LogP contribution in [0, 0.1) is 0 Å². The molecule has 2 N–H and O–H groups in total. The molecule has 2 aromatic rings. The van der Waals surface area contributed by atoms with Crippen molar-refractivity contribution in [2.75, 3.05) is 0 Å². The van der Waals surface area contributed by atoms with Gasteiger partial charge in [0, 0.05) is 11.4 Å². The number of rotatable bonds is 4. The molecule has 1 atom stereocenters. The van der Waals surface area contributed by atoms with E-state index in [0.717, 1.165) is 29.5 Å². The van der Waals surface area contributed by atoms with Gasteiger partial charge in [-0.2, -0.15) is 0 Å². The van der Waals surface area contributed by atoms with Crippen LogP contribution in [0.2, 0.25) is 0 Å². The van der Waals surface area contributed by atoms with Gasteiger partial charge in [0.05, 0.1) is 10.6 Å². The molecule has 1 aliphatic carbocycles. The first-order chi connectivity index (χ1) is 10.5. The van der Waals surface area contributed by atoms with E-state index in [1.165, 1.54) is 28.6 Å². The van der Waals surface area contributed by atoms with E-state index in [4.69, 9.17) is 5.73 Å². The molecule has 1 aliphatic rings. The summed E-state index contributed by atoms with van der Waals surface area (Å²) in [6, 6.07) is 0. The molecule has 1 amide bonds. The molecule has 0 aromatic carbocycles. The highest BCUT2D eigenvalue weighted by Gasteiger charge is 2.23. The summed E-state index contributed by atoms with van der Waals surface area (Å²) in [4.78, 5) is 30.9. The first-order valence-corrected chi connectivity index (χ1v) is 9.23. The highest BCUT2D eigenvalue weighted by atomic mass is 32.2. The molecule has 7 heteroatoms. The van der Waals surface area contributed by atoms with Crippen molar-refractivity contribution in [3.8, 4) is 0 Å². The Morgan fingerprint density at radius 3 is 2.86 bits per heavy atom. The van der Waals surface area contributed by atoms with Crippen molar-refractivity contribution in [1.29, 1.82) is 0 Å². The molecule has 0 fully saturated rings. The number of fused-ring (bicyclic) bond motifs is 3. The lowest BCUT2D eigenvalue weighted by Crippen LogP contribution is -2.27. The van der Waals surface area contributed by atoms with Gasteiger partial charge < -0.3 is 5.73 Å². The molecular weight excluding hydrogens is 318 g/mol. The molecule has 0 spiro atoms. The fourth-order valence-electron chi connectivity index (χ4n) is 2.80. The quantitative estimate of drug-likeness (QED) is 0.686. The Morgan fingerprint density at radius 1 is 1.45 bits per heavy atom. The maximum absolute atomic E-state index is 12.9. The SMILES string of the molecule is CCn1c(SC(C)C(N)=O)nc2sc3c(c2c1=O)CCCC3. The molecule has 0 radical (unpaired) electrons. The standard InChI is InChI=1S/C15H19N3O2S2/c1-3-18-14(20)11-9-6-4-5-7-10(9)22-13(11)17-15(18)21-8(2)12(16)19/h8H,3-7H2,1-2H3,(H2,16,19). The normalized spacial score (nSPS) is 15.7. The van der Waals surface area contributed by atoms with Crippen molar-refractivity contribution in [3.05, 3.63) is 20.8 Å². The Labute approximate surface area is 136 Å². The second kappa shape index (κ2) is 6.04. The van der Waals surface area contributed by atoms with Gasteiger partial charge in [-0.15, -0.1) is 11.3 Å².